The van der Waals surface area contributed by atoms with Crippen molar-refractivity contribution in [2.45, 2.75) is 32.7 Å². The van der Waals surface area contributed by atoms with Crippen LogP contribution in [0.1, 0.15) is 34.2 Å². The molecule has 0 spiro atoms. The Balaban J connectivity index is 2.29. The highest BCUT2D eigenvalue weighted by Crippen LogP contribution is 2.20. The molecule has 0 bridgehead atoms. The molecule has 0 radical (unpaired) electrons. The lowest BCUT2D eigenvalue weighted by Crippen LogP contribution is -2.12. The molecule has 1 unspecified atom stereocenters. The van der Waals surface area contributed by atoms with Crippen molar-refractivity contribution in [3.8, 4) is 5.88 Å². The molecule has 2 rings (SSSR count). The number of hydrogen-bond acceptors (Lipinski definition) is 3. The molecule has 4 nitrogen and oxygen atoms in total. The number of ether oxygens (including phenoxy) is 1. The van der Waals surface area contributed by atoms with Crippen LogP contribution in [0.15, 0.2) is 24.4 Å². The molecule has 1 atom stereocenters. The molecule has 5 heteroatoms. The number of nitrogens with zero attached hydrogens (tertiary/aromatic N) is 2. The molecule has 2 aromatic rings. The zero-order chi connectivity index (χ0) is 15.6. The number of hydrogen-bond donors (Lipinski definition) is 0. The van der Waals surface area contributed by atoms with E-state index < -0.39 is 5.38 Å². The van der Waals surface area contributed by atoms with Gasteiger partial charge in [0.1, 0.15) is 0 Å². The number of aryl methyl sites for hydroxylation is 1. The summed E-state index contributed by atoms with van der Waals surface area (Å²) in [7, 11) is 1.59. The van der Waals surface area contributed by atoms with Crippen molar-refractivity contribution >= 4 is 17.4 Å². The summed E-state index contributed by atoms with van der Waals surface area (Å²) in [6, 6.07) is 5.69. The van der Waals surface area contributed by atoms with E-state index in [0.29, 0.717) is 18.0 Å². The maximum atomic E-state index is 12.1. The first-order chi connectivity index (χ1) is 9.93. The van der Waals surface area contributed by atoms with Gasteiger partial charge in [0.05, 0.1) is 12.5 Å². The van der Waals surface area contributed by atoms with Crippen molar-refractivity contribution in [1.29, 1.82) is 0 Å². The van der Waals surface area contributed by atoms with Gasteiger partial charge < -0.3 is 9.30 Å². The van der Waals surface area contributed by atoms with Crippen LogP contribution < -0.4 is 4.74 Å². The molecule has 0 aromatic carbocycles. The normalized spacial score (nSPS) is 12.2. The summed E-state index contributed by atoms with van der Waals surface area (Å²) >= 11 is 5.91. The number of ketones is 1. The molecule has 0 aliphatic carbocycles. The van der Waals surface area contributed by atoms with Crippen molar-refractivity contribution in [3.05, 3.63) is 46.9 Å². The summed E-state index contributed by atoms with van der Waals surface area (Å²) in [6.45, 7) is 6.29. The average molecular weight is 307 g/mol. The number of carbonyl (C=O) groups excluding carboxylic acids is 1. The van der Waals surface area contributed by atoms with Gasteiger partial charge in [0, 0.05) is 35.8 Å². The molecule has 0 saturated carbocycles. The molecule has 0 aliphatic rings. The van der Waals surface area contributed by atoms with E-state index in [1.54, 1.807) is 20.2 Å². The minimum Gasteiger partial charge on any atom is -0.481 e. The van der Waals surface area contributed by atoms with Crippen LogP contribution in [-0.2, 0) is 6.54 Å². The van der Waals surface area contributed by atoms with E-state index in [2.05, 4.69) is 9.55 Å². The van der Waals surface area contributed by atoms with E-state index in [1.807, 2.05) is 32.0 Å². The third kappa shape index (κ3) is 3.27. The van der Waals surface area contributed by atoms with Crippen molar-refractivity contribution in [2.75, 3.05) is 7.11 Å². The third-order valence-corrected chi connectivity index (χ3v) is 3.75. The van der Waals surface area contributed by atoms with Crippen LogP contribution in [0.4, 0.5) is 0 Å². The van der Waals surface area contributed by atoms with Gasteiger partial charge in [-0.1, -0.05) is 6.07 Å². The lowest BCUT2D eigenvalue weighted by atomic mass is 10.1. The molecule has 0 aliphatic heterocycles. The molecule has 2 aromatic heterocycles. The Bertz CT molecular complexity index is 645. The van der Waals surface area contributed by atoms with Crippen LogP contribution in [0.2, 0.25) is 0 Å². The lowest BCUT2D eigenvalue weighted by Gasteiger charge is -2.10. The summed E-state index contributed by atoms with van der Waals surface area (Å²) in [5.74, 6) is 0.551. The highest BCUT2D eigenvalue weighted by atomic mass is 35.5. The number of Topliss-reactive ketones (excluding diaryl/α,β-unsaturated/α-hetero) is 1. The highest BCUT2D eigenvalue weighted by Gasteiger charge is 2.19. The Kier molecular flexibility index (Phi) is 4.68. The SMILES string of the molecule is COc1ccc(Cn2c(C)cc(C(=O)C(C)Cl)c2C)cn1. The second-order valence-electron chi connectivity index (χ2n) is 5.06. The number of methoxy groups -OCH3 is 1. The quantitative estimate of drug-likeness (QED) is 0.628. The first-order valence-corrected chi connectivity index (χ1v) is 7.21. The van der Waals surface area contributed by atoms with Gasteiger partial charge in [-0.3, -0.25) is 4.79 Å². The summed E-state index contributed by atoms with van der Waals surface area (Å²) in [6.07, 6.45) is 1.78. The van der Waals surface area contributed by atoms with E-state index in [0.717, 1.165) is 17.0 Å². The predicted molar refractivity (Wildman–Crippen MR) is 83.4 cm³/mol. The van der Waals surface area contributed by atoms with Crippen molar-refractivity contribution in [3.63, 3.8) is 0 Å². The van der Waals surface area contributed by atoms with Crippen molar-refractivity contribution < 1.29 is 9.53 Å². The Morgan fingerprint density at radius 1 is 1.43 bits per heavy atom. The monoisotopic (exact) mass is 306 g/mol. The Labute approximate surface area is 129 Å². The molecule has 21 heavy (non-hydrogen) atoms. The smallest absolute Gasteiger partial charge is 0.212 e. The zero-order valence-corrected chi connectivity index (χ0v) is 13.4. The maximum absolute atomic E-state index is 12.1. The molecule has 0 amide bonds. The predicted octanol–water partition coefficient (Wildman–Crippen LogP) is 3.37. The summed E-state index contributed by atoms with van der Waals surface area (Å²) in [4.78, 5) is 16.3. The van der Waals surface area contributed by atoms with Crippen molar-refractivity contribution in [2.24, 2.45) is 0 Å². The molecular weight excluding hydrogens is 288 g/mol. The van der Waals surface area contributed by atoms with Gasteiger partial charge in [0.2, 0.25) is 5.88 Å². The molecular formula is C16H19ClN2O2. The summed E-state index contributed by atoms with van der Waals surface area (Å²) in [5.41, 5.74) is 3.71. The topological polar surface area (TPSA) is 44.1 Å². The number of aromatic nitrogens is 2. The largest absolute Gasteiger partial charge is 0.481 e. The summed E-state index contributed by atoms with van der Waals surface area (Å²) < 4.78 is 7.14. The average Bonchev–Trinajstić information content (AvgIpc) is 2.75. The van der Waals surface area contributed by atoms with E-state index in [1.165, 1.54) is 0 Å². The van der Waals surface area contributed by atoms with Crippen molar-refractivity contribution in [1.82, 2.24) is 9.55 Å². The summed E-state index contributed by atoms with van der Waals surface area (Å²) in [5, 5.41) is -0.512. The second-order valence-corrected chi connectivity index (χ2v) is 5.71. The minimum atomic E-state index is -0.512. The van der Waals surface area contributed by atoms with Gasteiger partial charge in [-0.2, -0.15) is 0 Å². The lowest BCUT2D eigenvalue weighted by molar-refractivity contribution is 0.0991. The van der Waals surface area contributed by atoms with Crippen LogP contribution in [0.25, 0.3) is 0 Å². The fourth-order valence-corrected chi connectivity index (χ4v) is 2.43. The van der Waals surface area contributed by atoms with E-state index in [-0.39, 0.29) is 5.78 Å². The number of pyridine rings is 1. The van der Waals surface area contributed by atoms with E-state index >= 15 is 0 Å². The number of carbonyl (C=O) groups is 1. The number of rotatable bonds is 5. The van der Waals surface area contributed by atoms with Gasteiger partial charge in [-0.05, 0) is 32.4 Å². The standard InChI is InChI=1S/C16H19ClN2O2/c1-10-7-14(16(20)11(2)17)12(3)19(10)9-13-5-6-15(21-4)18-8-13/h5-8,11H,9H2,1-4H3. The zero-order valence-electron chi connectivity index (χ0n) is 12.7. The van der Waals surface area contributed by atoms with Crippen LogP contribution >= 0.6 is 11.6 Å². The van der Waals surface area contributed by atoms with Gasteiger partial charge in [0.25, 0.3) is 0 Å². The third-order valence-electron chi connectivity index (χ3n) is 3.55. The minimum absolute atomic E-state index is 0.0381. The highest BCUT2D eigenvalue weighted by molar-refractivity contribution is 6.33. The van der Waals surface area contributed by atoms with E-state index in [9.17, 15) is 4.79 Å². The Morgan fingerprint density at radius 2 is 2.14 bits per heavy atom. The van der Waals surface area contributed by atoms with Crippen LogP contribution in [-0.4, -0.2) is 27.8 Å². The molecule has 0 fully saturated rings. The fourth-order valence-electron chi connectivity index (χ4n) is 2.32. The van der Waals surface area contributed by atoms with E-state index in [4.69, 9.17) is 16.3 Å². The molecule has 112 valence electrons. The first kappa shape index (κ1) is 15.6. The number of halogens is 1. The number of alkyl halides is 1. The van der Waals surface area contributed by atoms with Crippen LogP contribution in [0, 0.1) is 13.8 Å². The van der Waals surface area contributed by atoms with Gasteiger partial charge in [0.15, 0.2) is 5.78 Å². The second kappa shape index (κ2) is 6.31. The van der Waals surface area contributed by atoms with Gasteiger partial charge >= 0.3 is 0 Å². The Hall–Kier alpha value is -1.81. The molecule has 2 heterocycles. The first-order valence-electron chi connectivity index (χ1n) is 6.78. The molecule has 0 saturated heterocycles. The van der Waals surface area contributed by atoms with Gasteiger partial charge in [-0.25, -0.2) is 4.98 Å². The van der Waals surface area contributed by atoms with Crippen LogP contribution in [0.3, 0.4) is 0 Å². The fraction of sp³-hybridized carbons (Fsp3) is 0.375. The Morgan fingerprint density at radius 3 is 2.67 bits per heavy atom. The van der Waals surface area contributed by atoms with Gasteiger partial charge in [-0.15, -0.1) is 11.6 Å². The van der Waals surface area contributed by atoms with Crippen LogP contribution in [0.5, 0.6) is 5.88 Å². The maximum Gasteiger partial charge on any atom is 0.212 e. The molecule has 0 N–H and O–H groups in total.